The molecule has 1 fully saturated rings. The molecule has 2 heterocycles. The number of rotatable bonds is 6. The summed E-state index contributed by atoms with van der Waals surface area (Å²) in [7, 11) is 3.21. The maximum absolute atomic E-state index is 10.8. The van der Waals surface area contributed by atoms with Gasteiger partial charge in [0.2, 0.25) is 12.4 Å². The van der Waals surface area contributed by atoms with Crippen molar-refractivity contribution < 1.29 is 14.3 Å². The van der Waals surface area contributed by atoms with Gasteiger partial charge in [-0.25, -0.2) is 0 Å². The van der Waals surface area contributed by atoms with Crippen molar-refractivity contribution in [2.75, 3.05) is 50.6 Å². The van der Waals surface area contributed by atoms with Gasteiger partial charge in [0.25, 0.3) is 0 Å². The van der Waals surface area contributed by atoms with Crippen LogP contribution in [0.1, 0.15) is 0 Å². The topological polar surface area (TPSA) is 92.7 Å². The molecule has 1 aliphatic rings. The molecule has 0 bridgehead atoms. The molecule has 0 radical (unpaired) electrons. The van der Waals surface area contributed by atoms with Crippen LogP contribution in [0.3, 0.4) is 0 Å². The van der Waals surface area contributed by atoms with E-state index in [2.05, 4.69) is 20.5 Å². The van der Waals surface area contributed by atoms with Gasteiger partial charge >= 0.3 is 0 Å². The number of carbonyl (C=O) groups excluding carboxylic acids is 1. The number of methoxy groups -OCH3 is 2. The van der Waals surface area contributed by atoms with Crippen molar-refractivity contribution >= 4 is 23.9 Å². The number of benzene rings is 1. The maximum Gasteiger partial charge on any atom is 0.247 e. The van der Waals surface area contributed by atoms with E-state index in [4.69, 9.17) is 9.47 Å². The number of hydrogen-bond donors (Lipinski definition) is 1. The molecule has 25 heavy (non-hydrogen) atoms. The molecule has 1 aromatic heterocycles. The Balaban J connectivity index is 1.77. The van der Waals surface area contributed by atoms with Gasteiger partial charge in [0, 0.05) is 32.2 Å². The van der Waals surface area contributed by atoms with Gasteiger partial charge in [-0.3, -0.25) is 4.79 Å². The third-order valence-corrected chi connectivity index (χ3v) is 3.96. The van der Waals surface area contributed by atoms with E-state index >= 15 is 0 Å². The Hall–Kier alpha value is -3.10. The molecule has 0 unspecified atom stereocenters. The first-order valence-corrected chi connectivity index (χ1v) is 7.86. The van der Waals surface area contributed by atoms with Crippen molar-refractivity contribution in [1.29, 1.82) is 0 Å². The van der Waals surface area contributed by atoms with Gasteiger partial charge in [0.1, 0.15) is 11.5 Å². The minimum absolute atomic E-state index is 0.525. The number of nitrogens with one attached hydrogen (secondary N) is 1. The molecule has 0 saturated carbocycles. The zero-order valence-electron chi connectivity index (χ0n) is 14.2. The summed E-state index contributed by atoms with van der Waals surface area (Å²) in [6.45, 7) is 2.64. The Labute approximate surface area is 145 Å². The lowest BCUT2D eigenvalue weighted by Crippen LogP contribution is -2.46. The summed E-state index contributed by atoms with van der Waals surface area (Å²) >= 11 is 0. The first-order valence-electron chi connectivity index (χ1n) is 7.86. The lowest BCUT2D eigenvalue weighted by Gasteiger charge is -2.32. The van der Waals surface area contributed by atoms with Crippen molar-refractivity contribution in [2.24, 2.45) is 0 Å². The Morgan fingerprint density at radius 1 is 1.16 bits per heavy atom. The standard InChI is InChI=1S/C16H20N6O3/c1-24-12-3-4-14(25-2)13(9-12)18-15-10-17-20-16(19-15)22-7-5-21(11-23)6-8-22/h3-4,9-11H,5-8H2,1-2H3,(H,18,19,20). The molecule has 0 aliphatic carbocycles. The van der Waals surface area contributed by atoms with Gasteiger partial charge in [-0.15, -0.1) is 5.10 Å². The second-order valence-electron chi connectivity index (χ2n) is 5.46. The zero-order chi connectivity index (χ0) is 17.6. The van der Waals surface area contributed by atoms with Crippen LogP contribution in [0.4, 0.5) is 17.5 Å². The van der Waals surface area contributed by atoms with E-state index in [-0.39, 0.29) is 0 Å². The van der Waals surface area contributed by atoms with Crippen molar-refractivity contribution in [1.82, 2.24) is 20.1 Å². The molecule has 0 spiro atoms. The summed E-state index contributed by atoms with van der Waals surface area (Å²) < 4.78 is 10.6. The van der Waals surface area contributed by atoms with Crippen LogP contribution in [0.2, 0.25) is 0 Å². The first-order chi connectivity index (χ1) is 12.2. The van der Waals surface area contributed by atoms with E-state index in [1.165, 1.54) is 0 Å². The van der Waals surface area contributed by atoms with Crippen LogP contribution in [-0.4, -0.2) is 66.9 Å². The summed E-state index contributed by atoms with van der Waals surface area (Å²) in [5.41, 5.74) is 0.721. The number of ether oxygens (including phenoxy) is 2. The largest absolute Gasteiger partial charge is 0.497 e. The Bertz CT molecular complexity index is 734. The second kappa shape index (κ2) is 7.65. The molecule has 3 rings (SSSR count). The van der Waals surface area contributed by atoms with Gasteiger partial charge in [0.05, 0.1) is 26.1 Å². The molecule has 1 aliphatic heterocycles. The highest BCUT2D eigenvalue weighted by Crippen LogP contribution is 2.31. The second-order valence-corrected chi connectivity index (χ2v) is 5.46. The molecule has 1 aromatic carbocycles. The summed E-state index contributed by atoms with van der Waals surface area (Å²) in [5.74, 6) is 2.45. The van der Waals surface area contributed by atoms with Crippen LogP contribution in [0.5, 0.6) is 11.5 Å². The average Bonchev–Trinajstić information content (AvgIpc) is 2.68. The van der Waals surface area contributed by atoms with E-state index in [1.54, 1.807) is 25.3 Å². The highest BCUT2D eigenvalue weighted by Gasteiger charge is 2.18. The normalized spacial score (nSPS) is 14.2. The van der Waals surface area contributed by atoms with Gasteiger partial charge in [0.15, 0.2) is 5.82 Å². The molecule has 0 atom stereocenters. The lowest BCUT2D eigenvalue weighted by molar-refractivity contribution is -0.118. The van der Waals surface area contributed by atoms with Crippen molar-refractivity contribution in [2.45, 2.75) is 0 Å². The fraction of sp³-hybridized carbons (Fsp3) is 0.375. The summed E-state index contributed by atoms with van der Waals surface area (Å²) in [6, 6.07) is 5.46. The maximum atomic E-state index is 10.8. The SMILES string of the molecule is COc1ccc(OC)c(Nc2cnnc(N3CCN(C=O)CC3)n2)c1. The molecule has 9 heteroatoms. The number of piperazine rings is 1. The van der Waals surface area contributed by atoms with Crippen molar-refractivity contribution in [3.05, 3.63) is 24.4 Å². The predicted octanol–water partition coefficient (Wildman–Crippen LogP) is 0.911. The molecular formula is C16H20N6O3. The van der Waals surface area contributed by atoms with E-state index < -0.39 is 0 Å². The van der Waals surface area contributed by atoms with Crippen molar-refractivity contribution in [3.8, 4) is 11.5 Å². The summed E-state index contributed by atoms with van der Waals surface area (Å²) in [4.78, 5) is 19.0. The molecular weight excluding hydrogens is 324 g/mol. The van der Waals surface area contributed by atoms with Gasteiger partial charge in [-0.05, 0) is 12.1 Å². The van der Waals surface area contributed by atoms with E-state index in [0.29, 0.717) is 49.4 Å². The van der Waals surface area contributed by atoms with Crippen LogP contribution in [0, 0.1) is 0 Å². The number of carbonyl (C=O) groups is 1. The molecule has 9 nitrogen and oxygen atoms in total. The number of aromatic nitrogens is 3. The Morgan fingerprint density at radius 2 is 1.96 bits per heavy atom. The predicted molar refractivity (Wildman–Crippen MR) is 92.5 cm³/mol. The Kier molecular flexibility index (Phi) is 5.12. The Morgan fingerprint density at radius 3 is 2.64 bits per heavy atom. The van der Waals surface area contributed by atoms with Crippen LogP contribution in [0.25, 0.3) is 0 Å². The summed E-state index contributed by atoms with van der Waals surface area (Å²) in [5, 5.41) is 11.3. The fourth-order valence-electron chi connectivity index (χ4n) is 2.57. The molecule has 1 saturated heterocycles. The zero-order valence-corrected chi connectivity index (χ0v) is 14.2. The summed E-state index contributed by atoms with van der Waals surface area (Å²) in [6.07, 6.45) is 2.41. The first kappa shape index (κ1) is 16.7. The number of hydrogen-bond acceptors (Lipinski definition) is 8. The van der Waals surface area contributed by atoms with E-state index in [9.17, 15) is 4.79 Å². The lowest BCUT2D eigenvalue weighted by atomic mass is 10.2. The van der Waals surface area contributed by atoms with Crippen LogP contribution in [-0.2, 0) is 4.79 Å². The molecule has 1 amide bonds. The van der Waals surface area contributed by atoms with E-state index in [0.717, 1.165) is 12.1 Å². The smallest absolute Gasteiger partial charge is 0.247 e. The average molecular weight is 344 g/mol. The molecule has 132 valence electrons. The van der Waals surface area contributed by atoms with Crippen LogP contribution < -0.4 is 19.7 Å². The highest BCUT2D eigenvalue weighted by molar-refractivity contribution is 5.66. The number of amides is 1. The third-order valence-electron chi connectivity index (χ3n) is 3.96. The van der Waals surface area contributed by atoms with Crippen LogP contribution >= 0.6 is 0 Å². The number of nitrogens with zero attached hydrogens (tertiary/aromatic N) is 5. The number of anilines is 3. The fourth-order valence-corrected chi connectivity index (χ4v) is 2.57. The van der Waals surface area contributed by atoms with Crippen LogP contribution in [0.15, 0.2) is 24.4 Å². The highest BCUT2D eigenvalue weighted by atomic mass is 16.5. The van der Waals surface area contributed by atoms with Crippen molar-refractivity contribution in [3.63, 3.8) is 0 Å². The van der Waals surface area contributed by atoms with Gasteiger partial charge < -0.3 is 24.6 Å². The van der Waals surface area contributed by atoms with Gasteiger partial charge in [-0.1, -0.05) is 0 Å². The van der Waals surface area contributed by atoms with E-state index in [1.807, 2.05) is 23.1 Å². The minimum Gasteiger partial charge on any atom is -0.497 e. The quantitative estimate of drug-likeness (QED) is 0.773. The monoisotopic (exact) mass is 344 g/mol. The molecule has 1 N–H and O–H groups in total. The van der Waals surface area contributed by atoms with Gasteiger partial charge in [-0.2, -0.15) is 10.1 Å². The third kappa shape index (κ3) is 3.87. The minimum atomic E-state index is 0.525. The molecule has 2 aromatic rings.